The van der Waals surface area contributed by atoms with Gasteiger partial charge in [0.15, 0.2) is 5.78 Å². The molecule has 0 aromatic carbocycles. The second kappa shape index (κ2) is 6.68. The molecule has 0 aliphatic heterocycles. The average molecular weight is 458 g/mol. The van der Waals surface area contributed by atoms with Crippen LogP contribution in [0.4, 0.5) is 0 Å². The Morgan fingerprint density at radius 1 is 1.41 bits per heavy atom. The number of allylic oxidation sites excluding steroid dienone is 4. The number of carbonyl (C=O) groups excluding carboxylic acids is 1. The molecule has 0 aromatic heterocycles. The van der Waals surface area contributed by atoms with Crippen molar-refractivity contribution in [2.75, 3.05) is 0 Å². The molecule has 1 rings (SSSR count). The Labute approximate surface area is 132 Å². The predicted molar refractivity (Wildman–Crippen MR) is 90.9 cm³/mol. The van der Waals surface area contributed by atoms with Gasteiger partial charge in [0.05, 0.1) is 0 Å². The van der Waals surface area contributed by atoms with Crippen molar-refractivity contribution in [1.82, 2.24) is 0 Å². The molecule has 3 heteroatoms. The Morgan fingerprint density at radius 3 is 2.53 bits per heavy atom. The second-order valence-corrected chi connectivity index (χ2v) is 10.2. The molecule has 1 aliphatic rings. The topological polar surface area (TPSA) is 17.1 Å². The lowest BCUT2D eigenvalue weighted by atomic mass is 9.85. The SMILES string of the molecule is CC1=C(/C=C/CC(C)(C)C(=O)C(I)I)CCC1. The number of hydrogen-bond donors (Lipinski definition) is 0. The van der Waals surface area contributed by atoms with Crippen molar-refractivity contribution in [3.8, 4) is 0 Å². The molecule has 0 fully saturated rings. The summed E-state index contributed by atoms with van der Waals surface area (Å²) in [6.45, 7) is 6.30. The highest BCUT2D eigenvalue weighted by Crippen LogP contribution is 2.31. The second-order valence-electron chi connectivity index (χ2n) is 5.31. The van der Waals surface area contributed by atoms with Gasteiger partial charge in [0.1, 0.15) is 1.93 Å². The molecule has 0 unspecified atom stereocenters. The first-order chi connectivity index (χ1) is 7.84. The van der Waals surface area contributed by atoms with Crippen molar-refractivity contribution >= 4 is 51.0 Å². The maximum atomic E-state index is 12.0. The molecule has 0 spiro atoms. The fraction of sp³-hybridized carbons (Fsp3) is 0.643. The van der Waals surface area contributed by atoms with Crippen LogP contribution in [0, 0.1) is 5.41 Å². The van der Waals surface area contributed by atoms with E-state index in [1.54, 1.807) is 0 Å². The van der Waals surface area contributed by atoms with Crippen LogP contribution < -0.4 is 0 Å². The minimum Gasteiger partial charge on any atom is -0.297 e. The summed E-state index contributed by atoms with van der Waals surface area (Å²) in [5.41, 5.74) is 2.76. The Kier molecular flexibility index (Phi) is 6.16. The fourth-order valence-corrected chi connectivity index (χ4v) is 3.72. The molecule has 0 saturated carbocycles. The smallest absolute Gasteiger partial charge is 0.161 e. The van der Waals surface area contributed by atoms with Crippen LogP contribution in [-0.4, -0.2) is 7.71 Å². The fourth-order valence-electron chi connectivity index (χ4n) is 2.04. The molecule has 0 amide bonds. The van der Waals surface area contributed by atoms with Crippen molar-refractivity contribution in [2.45, 2.75) is 48.4 Å². The molecule has 0 N–H and O–H groups in total. The van der Waals surface area contributed by atoms with Gasteiger partial charge in [-0.05, 0) is 38.2 Å². The van der Waals surface area contributed by atoms with Crippen LogP contribution in [-0.2, 0) is 4.79 Å². The highest BCUT2D eigenvalue weighted by atomic mass is 127. The molecule has 0 heterocycles. The van der Waals surface area contributed by atoms with Gasteiger partial charge in [-0.2, -0.15) is 0 Å². The largest absolute Gasteiger partial charge is 0.297 e. The highest BCUT2D eigenvalue weighted by molar-refractivity contribution is 14.2. The van der Waals surface area contributed by atoms with E-state index in [-0.39, 0.29) is 7.35 Å². The Balaban J connectivity index is 2.58. The van der Waals surface area contributed by atoms with Gasteiger partial charge in [-0.1, -0.05) is 76.8 Å². The van der Waals surface area contributed by atoms with Gasteiger partial charge in [-0.25, -0.2) is 0 Å². The van der Waals surface area contributed by atoms with Crippen molar-refractivity contribution in [3.05, 3.63) is 23.3 Å². The molecule has 96 valence electrons. The van der Waals surface area contributed by atoms with E-state index < -0.39 is 0 Å². The van der Waals surface area contributed by atoms with Crippen LogP contribution in [0.2, 0.25) is 0 Å². The molecular weight excluding hydrogens is 438 g/mol. The zero-order chi connectivity index (χ0) is 13.1. The van der Waals surface area contributed by atoms with Gasteiger partial charge < -0.3 is 0 Å². The summed E-state index contributed by atoms with van der Waals surface area (Å²) in [6, 6.07) is 0. The first-order valence-corrected chi connectivity index (χ1v) is 8.51. The molecule has 1 aliphatic carbocycles. The van der Waals surface area contributed by atoms with Crippen LogP contribution >= 0.6 is 45.2 Å². The monoisotopic (exact) mass is 458 g/mol. The first kappa shape index (κ1) is 15.7. The third-order valence-electron chi connectivity index (χ3n) is 3.36. The summed E-state index contributed by atoms with van der Waals surface area (Å²) in [6.07, 6.45) is 8.98. The Morgan fingerprint density at radius 2 is 2.06 bits per heavy atom. The zero-order valence-corrected chi connectivity index (χ0v) is 15.0. The van der Waals surface area contributed by atoms with E-state index in [0.29, 0.717) is 5.78 Å². The summed E-state index contributed by atoms with van der Waals surface area (Å²) >= 11 is 4.38. The van der Waals surface area contributed by atoms with E-state index in [4.69, 9.17) is 0 Å². The van der Waals surface area contributed by atoms with Crippen LogP contribution in [0.1, 0.15) is 46.5 Å². The number of carbonyl (C=O) groups is 1. The summed E-state index contributed by atoms with van der Waals surface area (Å²) in [5, 5.41) is 0. The minimum absolute atomic E-state index is 0.0704. The van der Waals surface area contributed by atoms with Gasteiger partial charge in [-0.15, -0.1) is 0 Å². The van der Waals surface area contributed by atoms with Crippen molar-refractivity contribution in [1.29, 1.82) is 0 Å². The molecule has 0 aromatic rings. The molecule has 0 atom stereocenters. The lowest BCUT2D eigenvalue weighted by Crippen LogP contribution is -2.27. The summed E-state index contributed by atoms with van der Waals surface area (Å²) in [4.78, 5) is 12.0. The molecule has 1 nitrogen and oxygen atoms in total. The molecular formula is C14H20I2O. The third kappa shape index (κ3) is 4.65. The van der Waals surface area contributed by atoms with Crippen molar-refractivity contribution in [3.63, 3.8) is 0 Å². The van der Waals surface area contributed by atoms with Gasteiger partial charge in [0, 0.05) is 5.41 Å². The standard InChI is InChI=1S/C14H20I2O/c1-10-6-4-7-11(10)8-5-9-14(2,3)12(17)13(15)16/h5,8,13H,4,6-7,9H2,1-3H3/b8-5+. The number of rotatable bonds is 5. The highest BCUT2D eigenvalue weighted by Gasteiger charge is 2.29. The lowest BCUT2D eigenvalue weighted by Gasteiger charge is -2.22. The number of ketones is 1. The van der Waals surface area contributed by atoms with E-state index in [2.05, 4.69) is 64.3 Å². The molecule has 0 radical (unpaired) electrons. The minimum atomic E-state index is -0.239. The van der Waals surface area contributed by atoms with E-state index in [0.717, 1.165) is 6.42 Å². The average Bonchev–Trinajstić information content (AvgIpc) is 2.63. The summed E-state index contributed by atoms with van der Waals surface area (Å²) in [5.74, 6) is 0.334. The van der Waals surface area contributed by atoms with E-state index in [1.807, 2.05) is 13.8 Å². The predicted octanol–water partition coefficient (Wildman–Crippen LogP) is 5.22. The molecule has 0 bridgehead atoms. The van der Waals surface area contributed by atoms with E-state index in [9.17, 15) is 4.79 Å². The van der Waals surface area contributed by atoms with Crippen LogP contribution in [0.5, 0.6) is 0 Å². The van der Waals surface area contributed by atoms with Crippen LogP contribution in [0.25, 0.3) is 0 Å². The third-order valence-corrected chi connectivity index (χ3v) is 4.49. The number of alkyl halides is 2. The maximum Gasteiger partial charge on any atom is 0.161 e. The lowest BCUT2D eigenvalue weighted by molar-refractivity contribution is -0.124. The molecule has 17 heavy (non-hydrogen) atoms. The van der Waals surface area contributed by atoms with Gasteiger partial charge >= 0.3 is 0 Å². The van der Waals surface area contributed by atoms with Crippen LogP contribution in [0.15, 0.2) is 23.3 Å². The van der Waals surface area contributed by atoms with Crippen molar-refractivity contribution in [2.24, 2.45) is 5.41 Å². The number of hydrogen-bond acceptors (Lipinski definition) is 1. The van der Waals surface area contributed by atoms with Gasteiger partial charge in [-0.3, -0.25) is 4.79 Å². The summed E-state index contributed by atoms with van der Waals surface area (Å²) in [7, 11) is 0. The first-order valence-electron chi connectivity index (χ1n) is 6.02. The number of halogens is 2. The van der Waals surface area contributed by atoms with E-state index >= 15 is 0 Å². The Bertz CT molecular complexity index is 351. The zero-order valence-electron chi connectivity index (χ0n) is 10.7. The maximum absolute atomic E-state index is 12.0. The quantitative estimate of drug-likeness (QED) is 0.408. The molecule has 0 saturated heterocycles. The summed E-state index contributed by atoms with van der Waals surface area (Å²) < 4.78 is 0.0704. The van der Waals surface area contributed by atoms with Gasteiger partial charge in [0.25, 0.3) is 0 Å². The van der Waals surface area contributed by atoms with Crippen molar-refractivity contribution < 1.29 is 4.79 Å². The van der Waals surface area contributed by atoms with E-state index in [1.165, 1.54) is 30.4 Å². The van der Waals surface area contributed by atoms with Crippen LogP contribution in [0.3, 0.4) is 0 Å². The normalized spacial score (nSPS) is 17.5. The van der Waals surface area contributed by atoms with Gasteiger partial charge in [0.2, 0.25) is 0 Å². The Hall–Kier alpha value is 0.610. The number of Topliss-reactive ketones (excluding diaryl/α,β-unsaturated/α-hetero) is 1.